The highest BCUT2D eigenvalue weighted by molar-refractivity contribution is 5.93. The van der Waals surface area contributed by atoms with Gasteiger partial charge < -0.3 is 18.8 Å². The Balaban J connectivity index is 1.59. The summed E-state index contributed by atoms with van der Waals surface area (Å²) in [5.41, 5.74) is 0.613. The molecular formula is C17H19NO5. The van der Waals surface area contributed by atoms with Crippen LogP contribution < -0.4 is 0 Å². The molecule has 2 unspecified atom stereocenters. The molecule has 1 aromatic heterocycles. The van der Waals surface area contributed by atoms with E-state index in [9.17, 15) is 9.59 Å². The minimum Gasteiger partial charge on any atom is -0.450 e. The summed E-state index contributed by atoms with van der Waals surface area (Å²) in [5, 5.41) is 0.821. The van der Waals surface area contributed by atoms with Gasteiger partial charge in [-0.3, -0.25) is 4.79 Å². The van der Waals surface area contributed by atoms with Crippen LogP contribution in [0.5, 0.6) is 0 Å². The molecule has 122 valence electrons. The fourth-order valence-corrected chi connectivity index (χ4v) is 2.75. The topological polar surface area (TPSA) is 69.0 Å². The maximum atomic E-state index is 12.2. The first-order chi connectivity index (χ1) is 11.0. The number of nitrogens with zero attached hydrogens (tertiary/aromatic N) is 1. The van der Waals surface area contributed by atoms with E-state index in [1.165, 1.54) is 0 Å². The second-order valence-electron chi connectivity index (χ2n) is 5.78. The third-order valence-corrected chi connectivity index (χ3v) is 3.73. The van der Waals surface area contributed by atoms with Crippen LogP contribution in [0.1, 0.15) is 24.4 Å². The number of amides is 1. The van der Waals surface area contributed by atoms with Gasteiger partial charge in [0.15, 0.2) is 6.61 Å². The number of hydrogen-bond acceptors (Lipinski definition) is 5. The number of rotatable bonds is 3. The highest BCUT2D eigenvalue weighted by Crippen LogP contribution is 2.19. The van der Waals surface area contributed by atoms with E-state index in [4.69, 9.17) is 13.9 Å². The molecule has 1 aliphatic heterocycles. The van der Waals surface area contributed by atoms with Crippen molar-refractivity contribution in [3.05, 3.63) is 36.1 Å². The zero-order chi connectivity index (χ0) is 16.4. The second-order valence-corrected chi connectivity index (χ2v) is 5.78. The van der Waals surface area contributed by atoms with Crippen molar-refractivity contribution < 1.29 is 23.5 Å². The second kappa shape index (κ2) is 6.42. The first-order valence-electron chi connectivity index (χ1n) is 7.62. The van der Waals surface area contributed by atoms with Crippen molar-refractivity contribution in [2.75, 3.05) is 19.7 Å². The van der Waals surface area contributed by atoms with Gasteiger partial charge in [-0.05, 0) is 26.0 Å². The SMILES string of the molecule is CC1CN(C(=O)COC(=O)c2cc3ccccc3o2)CC(C)O1. The van der Waals surface area contributed by atoms with E-state index in [1.807, 2.05) is 32.0 Å². The molecule has 1 saturated heterocycles. The average molecular weight is 317 g/mol. The van der Waals surface area contributed by atoms with Crippen molar-refractivity contribution >= 4 is 22.8 Å². The van der Waals surface area contributed by atoms with Gasteiger partial charge in [-0.1, -0.05) is 18.2 Å². The maximum absolute atomic E-state index is 12.2. The van der Waals surface area contributed by atoms with Gasteiger partial charge in [0.2, 0.25) is 5.76 Å². The van der Waals surface area contributed by atoms with Crippen LogP contribution in [0.15, 0.2) is 34.7 Å². The minimum atomic E-state index is -0.635. The Hall–Kier alpha value is -2.34. The predicted octanol–water partition coefficient (Wildman–Crippen LogP) is 2.23. The number of furan rings is 1. The van der Waals surface area contributed by atoms with Gasteiger partial charge in [-0.15, -0.1) is 0 Å². The summed E-state index contributed by atoms with van der Waals surface area (Å²) in [4.78, 5) is 25.8. The van der Waals surface area contributed by atoms with Crippen LogP contribution in [0.25, 0.3) is 11.0 Å². The van der Waals surface area contributed by atoms with E-state index < -0.39 is 5.97 Å². The number of para-hydroxylation sites is 1. The van der Waals surface area contributed by atoms with Crippen LogP contribution in [-0.2, 0) is 14.3 Å². The fraction of sp³-hybridized carbons (Fsp3) is 0.412. The molecule has 3 rings (SSSR count). The zero-order valence-corrected chi connectivity index (χ0v) is 13.2. The molecule has 0 saturated carbocycles. The molecule has 1 aliphatic rings. The molecule has 1 fully saturated rings. The highest BCUT2D eigenvalue weighted by Gasteiger charge is 2.26. The molecule has 0 bridgehead atoms. The Kier molecular flexibility index (Phi) is 4.34. The fourth-order valence-electron chi connectivity index (χ4n) is 2.75. The third kappa shape index (κ3) is 3.53. The lowest BCUT2D eigenvalue weighted by Gasteiger charge is -2.35. The standard InChI is InChI=1S/C17H19NO5/c1-11-8-18(9-12(2)22-11)16(19)10-21-17(20)15-7-13-5-3-4-6-14(13)23-15/h3-7,11-12H,8-10H2,1-2H3. The molecule has 0 N–H and O–H groups in total. The van der Waals surface area contributed by atoms with Crippen LogP contribution in [0.3, 0.4) is 0 Å². The van der Waals surface area contributed by atoms with Crippen molar-refractivity contribution in [2.45, 2.75) is 26.1 Å². The van der Waals surface area contributed by atoms with Gasteiger partial charge in [0.1, 0.15) is 5.58 Å². The summed E-state index contributed by atoms with van der Waals surface area (Å²) in [6.07, 6.45) is -0.0393. The number of ether oxygens (including phenoxy) is 2. The van der Waals surface area contributed by atoms with Crippen LogP contribution in [-0.4, -0.2) is 48.7 Å². The number of carbonyl (C=O) groups excluding carboxylic acids is 2. The number of hydrogen-bond donors (Lipinski definition) is 0. The van der Waals surface area contributed by atoms with Crippen LogP contribution >= 0.6 is 0 Å². The maximum Gasteiger partial charge on any atom is 0.374 e. The van der Waals surface area contributed by atoms with Gasteiger partial charge in [0.05, 0.1) is 12.2 Å². The Labute approximate surface area is 133 Å². The predicted molar refractivity (Wildman–Crippen MR) is 83.1 cm³/mol. The van der Waals surface area contributed by atoms with E-state index in [0.29, 0.717) is 18.7 Å². The van der Waals surface area contributed by atoms with Crippen LogP contribution in [0, 0.1) is 0 Å². The van der Waals surface area contributed by atoms with Gasteiger partial charge in [0.25, 0.3) is 5.91 Å². The molecule has 2 aromatic rings. The van der Waals surface area contributed by atoms with Gasteiger partial charge in [-0.2, -0.15) is 0 Å². The lowest BCUT2D eigenvalue weighted by molar-refractivity contribution is -0.146. The quantitative estimate of drug-likeness (QED) is 0.812. The smallest absolute Gasteiger partial charge is 0.374 e. The van der Waals surface area contributed by atoms with Crippen molar-refractivity contribution in [3.63, 3.8) is 0 Å². The Morgan fingerprint density at radius 1 is 1.22 bits per heavy atom. The monoisotopic (exact) mass is 317 g/mol. The van der Waals surface area contributed by atoms with E-state index in [1.54, 1.807) is 17.0 Å². The number of esters is 1. The largest absolute Gasteiger partial charge is 0.450 e. The number of morpholine rings is 1. The Bertz CT molecular complexity index is 680. The van der Waals surface area contributed by atoms with Gasteiger partial charge in [0, 0.05) is 18.5 Å². The van der Waals surface area contributed by atoms with Crippen molar-refractivity contribution in [3.8, 4) is 0 Å². The minimum absolute atomic E-state index is 0.0197. The van der Waals surface area contributed by atoms with E-state index in [-0.39, 0.29) is 30.5 Å². The summed E-state index contributed by atoms with van der Waals surface area (Å²) < 4.78 is 16.1. The Morgan fingerprint density at radius 3 is 2.61 bits per heavy atom. The van der Waals surface area contributed by atoms with Crippen LogP contribution in [0.2, 0.25) is 0 Å². The summed E-state index contributed by atoms with van der Waals surface area (Å²) in [6.45, 7) is 4.54. The molecule has 2 heterocycles. The van der Waals surface area contributed by atoms with Gasteiger partial charge >= 0.3 is 5.97 Å². The molecule has 2 atom stereocenters. The lowest BCUT2D eigenvalue weighted by Crippen LogP contribution is -2.49. The molecular weight excluding hydrogens is 298 g/mol. The van der Waals surface area contributed by atoms with Crippen molar-refractivity contribution in [1.82, 2.24) is 4.90 Å². The summed E-state index contributed by atoms with van der Waals surface area (Å²) in [6, 6.07) is 8.91. The molecule has 1 amide bonds. The molecule has 23 heavy (non-hydrogen) atoms. The summed E-state index contributed by atoms with van der Waals surface area (Å²) >= 11 is 0. The molecule has 0 radical (unpaired) electrons. The van der Waals surface area contributed by atoms with E-state index in [2.05, 4.69) is 0 Å². The first-order valence-corrected chi connectivity index (χ1v) is 7.62. The number of fused-ring (bicyclic) bond motifs is 1. The van der Waals surface area contributed by atoms with Crippen molar-refractivity contribution in [1.29, 1.82) is 0 Å². The van der Waals surface area contributed by atoms with Gasteiger partial charge in [-0.25, -0.2) is 4.79 Å². The number of benzene rings is 1. The molecule has 0 aliphatic carbocycles. The first kappa shape index (κ1) is 15.6. The summed E-state index contributed by atoms with van der Waals surface area (Å²) in [7, 11) is 0. The van der Waals surface area contributed by atoms with E-state index in [0.717, 1.165) is 5.39 Å². The normalized spacial score (nSPS) is 21.4. The average Bonchev–Trinajstić information content (AvgIpc) is 2.95. The number of carbonyl (C=O) groups is 2. The zero-order valence-electron chi connectivity index (χ0n) is 13.2. The van der Waals surface area contributed by atoms with E-state index >= 15 is 0 Å². The molecule has 6 heteroatoms. The molecule has 0 spiro atoms. The Morgan fingerprint density at radius 2 is 1.91 bits per heavy atom. The molecule has 6 nitrogen and oxygen atoms in total. The van der Waals surface area contributed by atoms with Crippen molar-refractivity contribution in [2.24, 2.45) is 0 Å². The third-order valence-electron chi connectivity index (χ3n) is 3.73. The molecule has 1 aromatic carbocycles. The highest BCUT2D eigenvalue weighted by atomic mass is 16.5. The summed E-state index contributed by atoms with van der Waals surface area (Å²) in [5.74, 6) is -0.761. The lowest BCUT2D eigenvalue weighted by atomic mass is 10.2. The van der Waals surface area contributed by atoms with Crippen LogP contribution in [0.4, 0.5) is 0 Å².